The van der Waals surface area contributed by atoms with Gasteiger partial charge in [0, 0.05) is 11.6 Å². The van der Waals surface area contributed by atoms with E-state index in [1.807, 2.05) is 48.5 Å². The second kappa shape index (κ2) is 7.34. The van der Waals surface area contributed by atoms with E-state index in [0.29, 0.717) is 41.5 Å². The smallest absolute Gasteiger partial charge is 0.235 e. The van der Waals surface area contributed by atoms with E-state index in [-0.39, 0.29) is 11.7 Å². The summed E-state index contributed by atoms with van der Waals surface area (Å²) in [5, 5.41) is 3.02. The molecule has 0 saturated heterocycles. The van der Waals surface area contributed by atoms with Crippen molar-refractivity contribution in [1.29, 1.82) is 0 Å². The van der Waals surface area contributed by atoms with Gasteiger partial charge in [0.1, 0.15) is 13.2 Å². The minimum atomic E-state index is -0.540. The van der Waals surface area contributed by atoms with Crippen molar-refractivity contribution in [3.05, 3.63) is 89.5 Å². The summed E-state index contributed by atoms with van der Waals surface area (Å²) < 4.78 is 11.4. The number of hydrogen-bond donors (Lipinski definition) is 1. The van der Waals surface area contributed by atoms with Gasteiger partial charge in [0.2, 0.25) is 5.91 Å². The Bertz CT molecular complexity index is 1100. The Kier molecular flexibility index (Phi) is 4.51. The lowest BCUT2D eigenvalue weighted by atomic mass is 9.94. The van der Waals surface area contributed by atoms with Crippen LogP contribution < -0.4 is 14.8 Å². The molecule has 1 N–H and O–H groups in total. The molecule has 0 atom stereocenters. The highest BCUT2D eigenvalue weighted by molar-refractivity contribution is 6.15. The second-order valence-electron chi connectivity index (χ2n) is 7.64. The molecule has 5 rings (SSSR count). The van der Waals surface area contributed by atoms with Crippen LogP contribution in [0.5, 0.6) is 11.5 Å². The molecule has 0 spiro atoms. The first kappa shape index (κ1) is 18.4. The molecule has 0 bridgehead atoms. The van der Waals surface area contributed by atoms with Crippen LogP contribution in [0.25, 0.3) is 0 Å². The zero-order valence-electron chi connectivity index (χ0n) is 16.4. The molecule has 150 valence electrons. The van der Waals surface area contributed by atoms with Crippen molar-refractivity contribution in [2.45, 2.75) is 18.3 Å². The Morgan fingerprint density at radius 3 is 2.03 bits per heavy atom. The molecule has 1 saturated carbocycles. The third-order valence-electron chi connectivity index (χ3n) is 5.72. The van der Waals surface area contributed by atoms with Crippen LogP contribution in [0.4, 0.5) is 5.69 Å². The Labute approximate surface area is 174 Å². The lowest BCUT2D eigenvalue weighted by molar-refractivity contribution is -0.118. The second-order valence-corrected chi connectivity index (χ2v) is 7.64. The molecule has 0 aromatic heterocycles. The topological polar surface area (TPSA) is 64.6 Å². The quantitative estimate of drug-likeness (QED) is 0.648. The largest absolute Gasteiger partial charge is 0.486 e. The average molecular weight is 399 g/mol. The van der Waals surface area contributed by atoms with E-state index in [1.54, 1.807) is 24.3 Å². The van der Waals surface area contributed by atoms with Crippen molar-refractivity contribution in [3.63, 3.8) is 0 Å². The summed E-state index contributed by atoms with van der Waals surface area (Å²) in [6.45, 7) is 0.856. The van der Waals surface area contributed by atoms with E-state index in [2.05, 4.69) is 5.32 Å². The van der Waals surface area contributed by atoms with Gasteiger partial charge in [-0.2, -0.15) is 0 Å². The first-order chi connectivity index (χ1) is 14.7. The number of hydrogen-bond acceptors (Lipinski definition) is 4. The highest BCUT2D eigenvalue weighted by Gasteiger charge is 2.51. The van der Waals surface area contributed by atoms with Crippen molar-refractivity contribution in [2.75, 3.05) is 18.5 Å². The number of carbonyl (C=O) groups excluding carboxylic acids is 2. The molecule has 5 heteroatoms. The van der Waals surface area contributed by atoms with E-state index >= 15 is 0 Å². The van der Waals surface area contributed by atoms with E-state index in [1.165, 1.54) is 0 Å². The summed E-state index contributed by atoms with van der Waals surface area (Å²) in [5.41, 5.74) is 1.84. The van der Waals surface area contributed by atoms with Gasteiger partial charge in [-0.3, -0.25) is 9.59 Å². The van der Waals surface area contributed by atoms with Crippen molar-refractivity contribution in [1.82, 2.24) is 0 Å². The monoisotopic (exact) mass is 399 g/mol. The minimum absolute atomic E-state index is 0.104. The Morgan fingerprint density at radius 1 is 0.800 bits per heavy atom. The fraction of sp³-hybridized carbons (Fsp3) is 0.200. The first-order valence-corrected chi connectivity index (χ1v) is 10.1. The number of anilines is 1. The fourth-order valence-corrected chi connectivity index (χ4v) is 3.90. The number of nitrogens with one attached hydrogen (secondary N) is 1. The lowest BCUT2D eigenvalue weighted by Gasteiger charge is -2.22. The van der Waals surface area contributed by atoms with E-state index < -0.39 is 5.41 Å². The Hall–Kier alpha value is -3.60. The normalized spacial score (nSPS) is 15.9. The molecule has 1 amide bonds. The summed E-state index contributed by atoms with van der Waals surface area (Å²) >= 11 is 0. The van der Waals surface area contributed by atoms with Gasteiger partial charge in [-0.1, -0.05) is 60.7 Å². The molecule has 1 heterocycles. The molecule has 1 fully saturated rings. The molecule has 2 aliphatic rings. The number of fused-ring (bicyclic) bond motifs is 1. The zero-order valence-corrected chi connectivity index (χ0v) is 16.4. The maximum atomic E-state index is 13.3. The molecular weight excluding hydrogens is 378 g/mol. The number of ketones is 1. The molecule has 3 aromatic carbocycles. The molecule has 3 aromatic rings. The maximum Gasteiger partial charge on any atom is 0.235 e. The third kappa shape index (κ3) is 3.22. The molecule has 5 nitrogen and oxygen atoms in total. The highest BCUT2D eigenvalue weighted by Crippen LogP contribution is 2.49. The van der Waals surface area contributed by atoms with Gasteiger partial charge in [0.25, 0.3) is 0 Å². The van der Waals surface area contributed by atoms with Crippen molar-refractivity contribution in [2.24, 2.45) is 0 Å². The van der Waals surface area contributed by atoms with E-state index in [0.717, 1.165) is 18.4 Å². The standard InChI is InChI=1S/C25H21NO4/c27-23(17-7-3-1-4-8-17)19-15-21-22(30-14-13-29-21)16-20(19)26-24(28)25(11-12-25)18-9-5-2-6-10-18/h1-10,15-16H,11-14H2,(H,26,28). The van der Waals surface area contributed by atoms with Crippen molar-refractivity contribution >= 4 is 17.4 Å². The van der Waals surface area contributed by atoms with Crippen molar-refractivity contribution in [3.8, 4) is 11.5 Å². The minimum Gasteiger partial charge on any atom is -0.486 e. The van der Waals surface area contributed by atoms with Crippen LogP contribution in [0.3, 0.4) is 0 Å². The summed E-state index contributed by atoms with van der Waals surface area (Å²) in [4.78, 5) is 26.5. The number of rotatable bonds is 5. The van der Waals surface area contributed by atoms with E-state index in [4.69, 9.17) is 9.47 Å². The molecule has 0 radical (unpaired) electrons. The third-order valence-corrected chi connectivity index (χ3v) is 5.72. The first-order valence-electron chi connectivity index (χ1n) is 10.1. The van der Waals surface area contributed by atoms with Crippen LogP contribution in [-0.2, 0) is 10.2 Å². The van der Waals surface area contributed by atoms with Gasteiger partial charge in [0.15, 0.2) is 17.3 Å². The summed E-state index contributed by atoms with van der Waals surface area (Å²) in [5.74, 6) is 0.772. The van der Waals surface area contributed by atoms with Crippen LogP contribution in [0.1, 0.15) is 34.3 Å². The zero-order chi connectivity index (χ0) is 20.6. The predicted octanol–water partition coefficient (Wildman–Crippen LogP) is 4.36. The number of amides is 1. The van der Waals surface area contributed by atoms with Gasteiger partial charge in [-0.05, 0) is 24.5 Å². The Balaban J connectivity index is 1.52. The van der Waals surface area contributed by atoms with Crippen LogP contribution in [-0.4, -0.2) is 24.9 Å². The van der Waals surface area contributed by atoms with Gasteiger partial charge in [-0.25, -0.2) is 0 Å². The number of ether oxygens (including phenoxy) is 2. The van der Waals surface area contributed by atoms with Gasteiger partial charge in [0.05, 0.1) is 16.7 Å². The highest BCUT2D eigenvalue weighted by atomic mass is 16.6. The van der Waals surface area contributed by atoms with Crippen LogP contribution >= 0.6 is 0 Å². The Morgan fingerprint density at radius 2 is 1.40 bits per heavy atom. The molecular formula is C25H21NO4. The number of carbonyl (C=O) groups is 2. The van der Waals surface area contributed by atoms with Gasteiger partial charge in [-0.15, -0.1) is 0 Å². The average Bonchev–Trinajstić information content (AvgIpc) is 3.62. The van der Waals surface area contributed by atoms with Crippen molar-refractivity contribution < 1.29 is 19.1 Å². The SMILES string of the molecule is O=C(c1ccccc1)c1cc2c(cc1NC(=O)C1(c3ccccc3)CC1)OCCO2. The summed E-state index contributed by atoms with van der Waals surface area (Å²) in [7, 11) is 0. The molecule has 0 unspecified atom stereocenters. The summed E-state index contributed by atoms with van der Waals surface area (Å²) in [6, 6.07) is 22.2. The summed E-state index contributed by atoms with van der Waals surface area (Å²) in [6.07, 6.45) is 1.57. The molecule has 1 aliphatic heterocycles. The number of benzene rings is 3. The lowest BCUT2D eigenvalue weighted by Crippen LogP contribution is -2.29. The van der Waals surface area contributed by atoms with Gasteiger partial charge >= 0.3 is 0 Å². The fourth-order valence-electron chi connectivity index (χ4n) is 3.90. The van der Waals surface area contributed by atoms with Crippen LogP contribution in [0.2, 0.25) is 0 Å². The van der Waals surface area contributed by atoms with Crippen LogP contribution in [0, 0.1) is 0 Å². The van der Waals surface area contributed by atoms with E-state index in [9.17, 15) is 9.59 Å². The van der Waals surface area contributed by atoms with Crippen LogP contribution in [0.15, 0.2) is 72.8 Å². The van der Waals surface area contributed by atoms with Gasteiger partial charge < -0.3 is 14.8 Å². The maximum absolute atomic E-state index is 13.3. The predicted molar refractivity (Wildman–Crippen MR) is 113 cm³/mol. The molecule has 30 heavy (non-hydrogen) atoms. The molecule has 1 aliphatic carbocycles.